The molecular weight excluding hydrogens is 328 g/mol. The maximum Gasteiger partial charge on any atom is 0.421 e. The molecule has 8 heteroatoms. The molecule has 6 nitrogen and oxygen atoms in total. The number of ether oxygens (including phenoxy) is 1. The monoisotopic (exact) mass is 348 g/mol. The van der Waals surface area contributed by atoms with Crippen molar-refractivity contribution in [1.82, 2.24) is 9.71 Å². The molecule has 1 amide bonds. The van der Waals surface area contributed by atoms with Crippen molar-refractivity contribution >= 4 is 27.7 Å². The first-order chi connectivity index (χ1) is 9.74. The Balaban J connectivity index is 3.26. The fourth-order valence-corrected chi connectivity index (χ4v) is 3.49. The maximum absolute atomic E-state index is 12.4. The Kier molecular flexibility index (Phi) is 5.14. The van der Waals surface area contributed by atoms with Crippen LogP contribution < -0.4 is 4.72 Å². The van der Waals surface area contributed by atoms with E-state index >= 15 is 0 Å². The van der Waals surface area contributed by atoms with Gasteiger partial charge in [-0.05, 0) is 32.3 Å². The summed E-state index contributed by atoms with van der Waals surface area (Å²) in [7, 11) is -4.19. The molecule has 22 heavy (non-hydrogen) atoms. The fraction of sp³-hybridized carbons (Fsp3) is 0.571. The lowest BCUT2D eigenvalue weighted by molar-refractivity contribution is 0.0570. The van der Waals surface area contributed by atoms with Gasteiger partial charge in [0.15, 0.2) is 5.03 Å². The highest BCUT2D eigenvalue weighted by Gasteiger charge is 2.31. The first kappa shape index (κ1) is 18.7. The van der Waals surface area contributed by atoms with Crippen molar-refractivity contribution in [3.05, 3.63) is 22.8 Å². The summed E-state index contributed by atoms with van der Waals surface area (Å²) >= 11 is 6.11. The van der Waals surface area contributed by atoms with Gasteiger partial charge in [0, 0.05) is 16.8 Å². The zero-order valence-corrected chi connectivity index (χ0v) is 15.1. The summed E-state index contributed by atoms with van der Waals surface area (Å²) in [6, 6.07) is 1.51. The van der Waals surface area contributed by atoms with E-state index in [0.29, 0.717) is 5.56 Å². The smallest absolute Gasteiger partial charge is 0.421 e. The fourth-order valence-electron chi connectivity index (χ4n) is 1.76. The van der Waals surface area contributed by atoms with E-state index in [-0.39, 0.29) is 10.0 Å². The zero-order valence-electron chi connectivity index (χ0n) is 13.5. The van der Waals surface area contributed by atoms with E-state index in [1.54, 1.807) is 20.8 Å². The third kappa shape index (κ3) is 4.84. The molecule has 0 aromatic carbocycles. The number of hydrogen-bond donors (Lipinski definition) is 1. The quantitative estimate of drug-likeness (QED) is 0.886. The number of carbonyl (C=O) groups excluding carboxylic acids is 1. The molecular formula is C14H21ClN2O4S. The van der Waals surface area contributed by atoms with Gasteiger partial charge in [0.25, 0.3) is 10.0 Å². The average molecular weight is 349 g/mol. The maximum atomic E-state index is 12.4. The second kappa shape index (κ2) is 6.04. The first-order valence-corrected chi connectivity index (χ1v) is 8.51. The van der Waals surface area contributed by atoms with Crippen LogP contribution in [0.3, 0.4) is 0 Å². The molecule has 0 spiro atoms. The van der Waals surface area contributed by atoms with Crippen LogP contribution in [-0.2, 0) is 20.2 Å². The summed E-state index contributed by atoms with van der Waals surface area (Å²) in [6.45, 7) is 10.3. The lowest BCUT2D eigenvalue weighted by atomic mass is 9.88. The molecule has 1 aromatic heterocycles. The van der Waals surface area contributed by atoms with E-state index in [2.05, 4.69) is 4.98 Å². The van der Waals surface area contributed by atoms with Crippen LogP contribution in [0.1, 0.15) is 47.1 Å². The Morgan fingerprint density at radius 1 is 1.23 bits per heavy atom. The van der Waals surface area contributed by atoms with Crippen molar-refractivity contribution < 1.29 is 17.9 Å². The van der Waals surface area contributed by atoms with Crippen LogP contribution in [0.25, 0.3) is 0 Å². The predicted molar refractivity (Wildman–Crippen MR) is 84.5 cm³/mol. The molecule has 0 fully saturated rings. The SMILES string of the molecule is CC(C)(C)OC(=O)NS(=O)(=O)c1nccc(Cl)c1C(C)(C)C. The van der Waals surface area contributed by atoms with Gasteiger partial charge < -0.3 is 4.74 Å². The molecule has 0 bridgehead atoms. The van der Waals surface area contributed by atoms with Gasteiger partial charge in [-0.1, -0.05) is 32.4 Å². The van der Waals surface area contributed by atoms with E-state index in [4.69, 9.17) is 16.3 Å². The summed E-state index contributed by atoms with van der Waals surface area (Å²) < 4.78 is 31.6. The normalized spacial score (nSPS) is 12.9. The highest BCUT2D eigenvalue weighted by molar-refractivity contribution is 7.90. The molecule has 1 N–H and O–H groups in total. The largest absolute Gasteiger partial charge is 0.443 e. The zero-order chi connectivity index (χ0) is 17.3. The van der Waals surface area contributed by atoms with E-state index in [1.807, 2.05) is 25.5 Å². The molecule has 0 saturated heterocycles. The van der Waals surface area contributed by atoms with Crippen molar-refractivity contribution in [2.75, 3.05) is 0 Å². The third-order valence-electron chi connectivity index (χ3n) is 2.49. The molecule has 0 aliphatic heterocycles. The Morgan fingerprint density at radius 3 is 2.23 bits per heavy atom. The van der Waals surface area contributed by atoms with Crippen LogP contribution in [0.5, 0.6) is 0 Å². The van der Waals surface area contributed by atoms with E-state index < -0.39 is 27.1 Å². The molecule has 0 aliphatic rings. The molecule has 1 rings (SSSR count). The molecule has 1 heterocycles. The minimum atomic E-state index is -4.19. The molecule has 1 aromatic rings. The summed E-state index contributed by atoms with van der Waals surface area (Å²) in [5.41, 5.74) is -1.04. The van der Waals surface area contributed by atoms with Crippen LogP contribution in [-0.4, -0.2) is 25.1 Å². The lowest BCUT2D eigenvalue weighted by Gasteiger charge is -2.24. The number of amides is 1. The van der Waals surface area contributed by atoms with Gasteiger partial charge in [-0.3, -0.25) is 0 Å². The Morgan fingerprint density at radius 2 is 1.77 bits per heavy atom. The highest BCUT2D eigenvalue weighted by Crippen LogP contribution is 2.33. The standard InChI is InChI=1S/C14H21ClN2O4S/c1-13(2,3)10-9(15)7-8-16-11(10)22(19,20)17-12(18)21-14(4,5)6/h7-8H,1-6H3,(H,17,18). The minimum Gasteiger partial charge on any atom is -0.443 e. The summed E-state index contributed by atoms with van der Waals surface area (Å²) in [5, 5.41) is -0.00887. The van der Waals surface area contributed by atoms with Crippen LogP contribution in [0.4, 0.5) is 4.79 Å². The Bertz CT molecular complexity index is 673. The molecule has 124 valence electrons. The van der Waals surface area contributed by atoms with Crippen LogP contribution in [0, 0.1) is 0 Å². The van der Waals surface area contributed by atoms with Gasteiger partial charge in [0.05, 0.1) is 0 Å². The van der Waals surface area contributed by atoms with Crippen molar-refractivity contribution in [2.45, 2.75) is 57.6 Å². The van der Waals surface area contributed by atoms with Gasteiger partial charge in [-0.15, -0.1) is 0 Å². The Labute approximate surface area is 136 Å². The number of halogens is 1. The number of aromatic nitrogens is 1. The van der Waals surface area contributed by atoms with Crippen molar-refractivity contribution in [3.63, 3.8) is 0 Å². The van der Waals surface area contributed by atoms with Gasteiger partial charge in [0.2, 0.25) is 0 Å². The van der Waals surface area contributed by atoms with Crippen molar-refractivity contribution in [2.24, 2.45) is 0 Å². The average Bonchev–Trinajstić information content (AvgIpc) is 2.22. The van der Waals surface area contributed by atoms with Gasteiger partial charge >= 0.3 is 6.09 Å². The topological polar surface area (TPSA) is 85.4 Å². The highest BCUT2D eigenvalue weighted by atomic mass is 35.5. The summed E-state index contributed by atoms with van der Waals surface area (Å²) in [6.07, 6.45) is 0.218. The second-order valence-corrected chi connectivity index (χ2v) is 8.84. The van der Waals surface area contributed by atoms with E-state index in [9.17, 15) is 13.2 Å². The number of rotatable bonds is 2. The molecule has 0 atom stereocenters. The molecule has 0 unspecified atom stereocenters. The number of sulfonamides is 1. The van der Waals surface area contributed by atoms with E-state index in [0.717, 1.165) is 0 Å². The van der Waals surface area contributed by atoms with Crippen LogP contribution in [0.2, 0.25) is 5.02 Å². The molecule has 0 saturated carbocycles. The first-order valence-electron chi connectivity index (χ1n) is 6.65. The summed E-state index contributed by atoms with van der Waals surface area (Å²) in [4.78, 5) is 15.6. The number of hydrogen-bond acceptors (Lipinski definition) is 5. The number of carbonyl (C=O) groups is 1. The Hall–Kier alpha value is -1.34. The predicted octanol–water partition coefficient (Wildman–Crippen LogP) is 3.25. The van der Waals surface area contributed by atoms with Crippen molar-refractivity contribution in [3.8, 4) is 0 Å². The van der Waals surface area contributed by atoms with Gasteiger partial charge in [-0.2, -0.15) is 8.42 Å². The van der Waals surface area contributed by atoms with Crippen LogP contribution in [0.15, 0.2) is 17.3 Å². The second-order valence-electron chi connectivity index (χ2n) is 6.83. The third-order valence-corrected chi connectivity index (χ3v) is 4.06. The van der Waals surface area contributed by atoms with Crippen LogP contribution >= 0.6 is 11.6 Å². The lowest BCUT2D eigenvalue weighted by Crippen LogP contribution is -2.37. The summed E-state index contributed by atoms with van der Waals surface area (Å²) in [5.74, 6) is 0. The number of pyridine rings is 1. The van der Waals surface area contributed by atoms with E-state index in [1.165, 1.54) is 12.3 Å². The van der Waals surface area contributed by atoms with Gasteiger partial charge in [0.1, 0.15) is 5.60 Å². The molecule has 0 aliphatic carbocycles. The number of nitrogens with zero attached hydrogens (tertiary/aromatic N) is 1. The molecule has 0 radical (unpaired) electrons. The van der Waals surface area contributed by atoms with Gasteiger partial charge in [-0.25, -0.2) is 14.5 Å². The minimum absolute atomic E-state index is 0.270. The van der Waals surface area contributed by atoms with Crippen molar-refractivity contribution in [1.29, 1.82) is 0 Å². The number of nitrogens with one attached hydrogen (secondary N) is 1.